The van der Waals surface area contributed by atoms with Crippen LogP contribution in [0.2, 0.25) is 0 Å². The Morgan fingerprint density at radius 1 is 1.16 bits per heavy atom. The summed E-state index contributed by atoms with van der Waals surface area (Å²) in [4.78, 5) is 35.2. The number of hydrogen-bond acceptors (Lipinski definition) is 4. The van der Waals surface area contributed by atoms with E-state index >= 15 is 0 Å². The molecule has 2 aromatic rings. The minimum atomic E-state index is -0.384. The predicted octanol–water partition coefficient (Wildman–Crippen LogP) is 2.33. The van der Waals surface area contributed by atoms with Crippen LogP contribution in [0.25, 0.3) is 0 Å². The fourth-order valence-electron chi connectivity index (χ4n) is 2.13. The summed E-state index contributed by atoms with van der Waals surface area (Å²) < 4.78 is 7.03. The van der Waals surface area contributed by atoms with Gasteiger partial charge in [-0.25, -0.2) is 0 Å². The molecule has 0 radical (unpaired) electrons. The van der Waals surface area contributed by atoms with Crippen LogP contribution in [0.4, 0.5) is 5.69 Å². The zero-order chi connectivity index (χ0) is 18.4. The maximum atomic E-state index is 12.2. The maximum Gasteiger partial charge on any atom is 0.307 e. The summed E-state index contributed by atoms with van der Waals surface area (Å²) in [5.74, 6) is -0.928. The van der Waals surface area contributed by atoms with Crippen molar-refractivity contribution in [2.45, 2.75) is 6.42 Å². The molecule has 0 atom stereocenters. The van der Waals surface area contributed by atoms with Gasteiger partial charge in [0.05, 0.1) is 13.5 Å². The van der Waals surface area contributed by atoms with Crippen molar-refractivity contribution in [1.82, 2.24) is 9.88 Å². The Morgan fingerprint density at radius 3 is 2.40 bits per heavy atom. The van der Waals surface area contributed by atoms with Crippen LogP contribution < -0.4 is 10.6 Å². The topological polar surface area (TPSA) is 89.4 Å². The Balaban J connectivity index is 1.93. The molecule has 1 aromatic carbocycles. The number of rotatable bonds is 6. The molecule has 2 rings (SSSR count). The zero-order valence-electron chi connectivity index (χ0n) is 13.8. The molecule has 7 nitrogen and oxygen atoms in total. The summed E-state index contributed by atoms with van der Waals surface area (Å²) in [5.41, 5.74) is 1.52. The molecule has 2 N–H and O–H groups in total. The smallest absolute Gasteiger partial charge is 0.307 e. The van der Waals surface area contributed by atoms with E-state index in [-0.39, 0.29) is 30.7 Å². The lowest BCUT2D eigenvalue weighted by Crippen LogP contribution is -2.26. The number of nitrogens with one attached hydrogen (secondary N) is 2. The molecular formula is C17H18BrN3O4. The highest BCUT2D eigenvalue weighted by molar-refractivity contribution is 9.10. The maximum absolute atomic E-state index is 12.2. The molecule has 0 aliphatic rings. The quantitative estimate of drug-likeness (QED) is 0.719. The van der Waals surface area contributed by atoms with Crippen molar-refractivity contribution < 1.29 is 19.1 Å². The van der Waals surface area contributed by atoms with Crippen LogP contribution in [-0.2, 0) is 16.6 Å². The SMILES string of the molecule is COC(=O)CCNC(=O)c1ccc(NC(=O)c2cc(Br)cn2C)cc1. The van der Waals surface area contributed by atoms with Gasteiger partial charge in [-0.15, -0.1) is 0 Å². The first-order valence-corrected chi connectivity index (χ1v) is 8.28. The molecule has 0 bridgehead atoms. The second-order valence-corrected chi connectivity index (χ2v) is 6.18. The summed E-state index contributed by atoms with van der Waals surface area (Å²) in [6, 6.07) is 8.21. The van der Waals surface area contributed by atoms with Crippen LogP contribution >= 0.6 is 15.9 Å². The predicted molar refractivity (Wildman–Crippen MR) is 96.5 cm³/mol. The third-order valence-electron chi connectivity index (χ3n) is 3.45. The summed E-state index contributed by atoms with van der Waals surface area (Å²) in [6.45, 7) is 0.201. The molecule has 25 heavy (non-hydrogen) atoms. The number of benzene rings is 1. The highest BCUT2D eigenvalue weighted by Crippen LogP contribution is 2.16. The molecule has 1 heterocycles. The van der Waals surface area contributed by atoms with E-state index in [1.54, 1.807) is 48.1 Å². The van der Waals surface area contributed by atoms with Gasteiger partial charge >= 0.3 is 5.97 Å². The second-order valence-electron chi connectivity index (χ2n) is 5.27. The van der Waals surface area contributed by atoms with Gasteiger partial charge in [-0.3, -0.25) is 14.4 Å². The average molecular weight is 408 g/mol. The molecular weight excluding hydrogens is 390 g/mol. The van der Waals surface area contributed by atoms with Gasteiger partial charge in [0, 0.05) is 35.5 Å². The average Bonchev–Trinajstić information content (AvgIpc) is 2.93. The normalized spacial score (nSPS) is 10.2. The number of aromatic nitrogens is 1. The molecule has 0 unspecified atom stereocenters. The van der Waals surface area contributed by atoms with Crippen LogP contribution in [-0.4, -0.2) is 36.0 Å². The Morgan fingerprint density at radius 2 is 1.84 bits per heavy atom. The summed E-state index contributed by atoms with van der Waals surface area (Å²) in [5, 5.41) is 5.40. The van der Waals surface area contributed by atoms with Crippen molar-refractivity contribution in [3.63, 3.8) is 0 Å². The molecule has 0 aliphatic heterocycles. The Bertz CT molecular complexity index is 784. The first-order valence-electron chi connectivity index (χ1n) is 7.49. The van der Waals surface area contributed by atoms with Crippen molar-refractivity contribution in [3.05, 3.63) is 52.3 Å². The van der Waals surface area contributed by atoms with E-state index in [1.165, 1.54) is 7.11 Å². The third kappa shape index (κ3) is 5.18. The molecule has 0 fully saturated rings. The van der Waals surface area contributed by atoms with Crippen molar-refractivity contribution in [3.8, 4) is 0 Å². The van der Waals surface area contributed by atoms with E-state index in [2.05, 4.69) is 31.3 Å². The number of methoxy groups -OCH3 is 1. The number of anilines is 1. The molecule has 2 amide bonds. The van der Waals surface area contributed by atoms with Crippen molar-refractivity contribution in [2.24, 2.45) is 7.05 Å². The van der Waals surface area contributed by atoms with E-state index in [1.807, 2.05) is 0 Å². The highest BCUT2D eigenvalue weighted by atomic mass is 79.9. The Hall–Kier alpha value is -2.61. The van der Waals surface area contributed by atoms with Crippen molar-refractivity contribution >= 4 is 39.4 Å². The summed E-state index contributed by atoms with van der Waals surface area (Å²) in [7, 11) is 3.08. The van der Waals surface area contributed by atoms with E-state index < -0.39 is 0 Å². The lowest BCUT2D eigenvalue weighted by molar-refractivity contribution is -0.140. The lowest BCUT2D eigenvalue weighted by Gasteiger charge is -2.08. The fraction of sp³-hybridized carbons (Fsp3) is 0.235. The van der Waals surface area contributed by atoms with Gasteiger partial charge in [0.25, 0.3) is 11.8 Å². The van der Waals surface area contributed by atoms with Crippen molar-refractivity contribution in [2.75, 3.05) is 19.0 Å². The van der Waals surface area contributed by atoms with E-state index in [0.29, 0.717) is 16.9 Å². The second kappa shape index (κ2) is 8.48. The molecule has 8 heteroatoms. The monoisotopic (exact) mass is 407 g/mol. The van der Waals surface area contributed by atoms with Crippen LogP contribution in [0, 0.1) is 0 Å². The molecule has 0 spiro atoms. The first-order chi connectivity index (χ1) is 11.9. The molecule has 132 valence electrons. The van der Waals surface area contributed by atoms with Gasteiger partial charge in [0.2, 0.25) is 0 Å². The number of aryl methyl sites for hydroxylation is 1. The van der Waals surface area contributed by atoms with Crippen LogP contribution in [0.5, 0.6) is 0 Å². The largest absolute Gasteiger partial charge is 0.469 e. The minimum Gasteiger partial charge on any atom is -0.469 e. The van der Waals surface area contributed by atoms with E-state index in [0.717, 1.165) is 4.47 Å². The van der Waals surface area contributed by atoms with Gasteiger partial charge in [-0.05, 0) is 46.3 Å². The first kappa shape index (κ1) is 18.7. The molecule has 0 saturated carbocycles. The fourth-order valence-corrected chi connectivity index (χ4v) is 2.66. The Kier molecular flexibility index (Phi) is 6.35. The van der Waals surface area contributed by atoms with Gasteiger partial charge in [-0.1, -0.05) is 0 Å². The molecule has 1 aromatic heterocycles. The van der Waals surface area contributed by atoms with E-state index in [4.69, 9.17) is 0 Å². The minimum absolute atomic E-state index is 0.114. The van der Waals surface area contributed by atoms with Crippen LogP contribution in [0.1, 0.15) is 27.3 Å². The van der Waals surface area contributed by atoms with Gasteiger partial charge in [-0.2, -0.15) is 0 Å². The number of carbonyl (C=O) groups is 3. The number of hydrogen-bond donors (Lipinski definition) is 2. The van der Waals surface area contributed by atoms with Gasteiger partial charge < -0.3 is 19.9 Å². The van der Waals surface area contributed by atoms with Crippen molar-refractivity contribution in [1.29, 1.82) is 0 Å². The molecule has 0 saturated heterocycles. The Labute approximate surface area is 153 Å². The summed E-state index contributed by atoms with van der Waals surface area (Å²) in [6.07, 6.45) is 1.90. The lowest BCUT2D eigenvalue weighted by atomic mass is 10.2. The van der Waals surface area contributed by atoms with Gasteiger partial charge in [0.1, 0.15) is 5.69 Å². The van der Waals surface area contributed by atoms with Crippen LogP contribution in [0.3, 0.4) is 0 Å². The highest BCUT2D eigenvalue weighted by Gasteiger charge is 2.12. The van der Waals surface area contributed by atoms with Gasteiger partial charge in [0.15, 0.2) is 0 Å². The number of ether oxygens (including phenoxy) is 1. The number of amides is 2. The standard InChI is InChI=1S/C17H18BrN3O4/c1-21-10-12(18)9-14(21)17(24)20-13-5-3-11(4-6-13)16(23)19-8-7-15(22)25-2/h3-6,9-10H,7-8H2,1-2H3,(H,19,23)(H,20,24). The number of esters is 1. The summed E-state index contributed by atoms with van der Waals surface area (Å²) >= 11 is 3.32. The molecule has 0 aliphatic carbocycles. The number of halogens is 1. The zero-order valence-corrected chi connectivity index (χ0v) is 15.4. The third-order valence-corrected chi connectivity index (χ3v) is 3.89. The van der Waals surface area contributed by atoms with E-state index in [9.17, 15) is 14.4 Å². The van der Waals surface area contributed by atoms with Crippen LogP contribution in [0.15, 0.2) is 41.0 Å². The number of carbonyl (C=O) groups excluding carboxylic acids is 3. The number of nitrogens with zero attached hydrogens (tertiary/aromatic N) is 1.